The molecule has 1 heterocycles. The van der Waals surface area contributed by atoms with Gasteiger partial charge in [-0.3, -0.25) is 0 Å². The van der Waals surface area contributed by atoms with Crippen molar-refractivity contribution in [3.63, 3.8) is 0 Å². The van der Waals surface area contributed by atoms with E-state index < -0.39 is 0 Å². The van der Waals surface area contributed by atoms with Crippen molar-refractivity contribution in [3.8, 4) is 21.4 Å². The van der Waals surface area contributed by atoms with Crippen molar-refractivity contribution in [3.05, 3.63) is 59.5 Å². The molecule has 0 amide bonds. The molecule has 0 aliphatic heterocycles. The van der Waals surface area contributed by atoms with Gasteiger partial charge in [0.25, 0.3) is 0 Å². The van der Waals surface area contributed by atoms with E-state index in [4.69, 9.17) is 4.98 Å². The quantitative estimate of drug-likeness (QED) is 0.684. The van der Waals surface area contributed by atoms with Gasteiger partial charge in [0.2, 0.25) is 0 Å². The molecule has 0 aliphatic carbocycles. The van der Waals surface area contributed by atoms with Crippen LogP contribution in [0, 0.1) is 0 Å². The van der Waals surface area contributed by atoms with E-state index in [1.807, 2.05) is 6.07 Å². The summed E-state index contributed by atoms with van der Waals surface area (Å²) >= 11 is 0.324. The van der Waals surface area contributed by atoms with Gasteiger partial charge in [-0.15, -0.1) is 0 Å². The number of nitrogens with zero attached hydrogens (tertiary/aromatic N) is 2. The van der Waals surface area contributed by atoms with Gasteiger partial charge in [-0.05, 0) is 0 Å². The van der Waals surface area contributed by atoms with E-state index in [0.717, 1.165) is 5.69 Å². The Kier molecular flexibility index (Phi) is 3.72. The van der Waals surface area contributed by atoms with Crippen LogP contribution in [-0.2, 0) is 0 Å². The zero-order valence-electron chi connectivity index (χ0n) is 11.6. The molecule has 2 nitrogen and oxygen atoms in total. The van der Waals surface area contributed by atoms with Crippen LogP contribution in [-0.4, -0.2) is 33.6 Å². The first-order valence-corrected chi connectivity index (χ1v) is 8.37. The number of aromatic nitrogens is 1. The summed E-state index contributed by atoms with van der Waals surface area (Å²) < 4.78 is 1.21. The van der Waals surface area contributed by atoms with E-state index in [2.05, 4.69) is 72.5 Å². The Labute approximate surface area is 125 Å². The van der Waals surface area contributed by atoms with Crippen molar-refractivity contribution in [2.45, 2.75) is 0 Å². The van der Waals surface area contributed by atoms with Crippen LogP contribution in [0.5, 0.6) is 0 Å². The summed E-state index contributed by atoms with van der Waals surface area (Å²) in [5, 5.41) is 0. The molecule has 3 rings (SSSR count). The monoisotopic (exact) mass is 328 g/mol. The third-order valence-corrected chi connectivity index (χ3v) is 5.07. The first-order chi connectivity index (χ1) is 9.74. The topological polar surface area (TPSA) is 16.1 Å². The van der Waals surface area contributed by atoms with Crippen molar-refractivity contribution in [1.82, 2.24) is 4.98 Å². The van der Waals surface area contributed by atoms with E-state index in [1.54, 1.807) is 0 Å². The Morgan fingerprint density at radius 3 is 2.20 bits per heavy atom. The fourth-order valence-electron chi connectivity index (χ4n) is 2.05. The van der Waals surface area contributed by atoms with Crippen LogP contribution in [0.3, 0.4) is 0 Å². The summed E-state index contributed by atoms with van der Waals surface area (Å²) in [7, 11) is 4.11. The Morgan fingerprint density at radius 2 is 1.55 bits per heavy atom. The summed E-state index contributed by atoms with van der Waals surface area (Å²) in [6.07, 6.45) is 0. The second kappa shape index (κ2) is 5.66. The molecule has 3 aromatic rings. The fraction of sp³-hybridized carbons (Fsp3) is 0.118. The Balaban J connectivity index is 1.90. The average Bonchev–Trinajstić information content (AvgIpc) is 2.98. The van der Waals surface area contributed by atoms with Gasteiger partial charge >= 0.3 is 125 Å². The van der Waals surface area contributed by atoms with Gasteiger partial charge in [0.1, 0.15) is 0 Å². The number of hydrogen-bond acceptors (Lipinski definition) is 2. The number of anilines is 1. The van der Waals surface area contributed by atoms with Gasteiger partial charge < -0.3 is 0 Å². The Morgan fingerprint density at radius 1 is 0.850 bits per heavy atom. The van der Waals surface area contributed by atoms with E-state index in [1.165, 1.54) is 21.4 Å². The normalized spacial score (nSPS) is 10.5. The molecule has 2 aromatic carbocycles. The van der Waals surface area contributed by atoms with Crippen LogP contribution in [0.2, 0.25) is 0 Å². The fourth-order valence-corrected chi connectivity index (χ4v) is 3.80. The van der Waals surface area contributed by atoms with Crippen molar-refractivity contribution >= 4 is 20.2 Å². The van der Waals surface area contributed by atoms with Crippen LogP contribution < -0.4 is 4.90 Å². The molecule has 0 N–H and O–H groups in total. The first-order valence-electron chi connectivity index (χ1n) is 6.53. The van der Waals surface area contributed by atoms with Gasteiger partial charge in [-0.25, -0.2) is 0 Å². The molecular formula is C17H16N2Se. The first kappa shape index (κ1) is 13.2. The molecule has 3 heteroatoms. The van der Waals surface area contributed by atoms with Crippen LogP contribution in [0.15, 0.2) is 59.5 Å². The summed E-state index contributed by atoms with van der Waals surface area (Å²) in [5.41, 5.74) is 4.76. The second-order valence-corrected chi connectivity index (χ2v) is 6.65. The van der Waals surface area contributed by atoms with E-state index >= 15 is 0 Å². The molecule has 0 unspecified atom stereocenters. The summed E-state index contributed by atoms with van der Waals surface area (Å²) in [6, 6.07) is 19.0. The number of benzene rings is 2. The molecule has 100 valence electrons. The van der Waals surface area contributed by atoms with Gasteiger partial charge in [0, 0.05) is 0 Å². The van der Waals surface area contributed by atoms with E-state index in [-0.39, 0.29) is 0 Å². The predicted octanol–water partition coefficient (Wildman–Crippen LogP) is 3.54. The average molecular weight is 327 g/mol. The molecule has 0 atom stereocenters. The number of rotatable bonds is 3. The van der Waals surface area contributed by atoms with Crippen molar-refractivity contribution < 1.29 is 0 Å². The van der Waals surface area contributed by atoms with Gasteiger partial charge in [0.15, 0.2) is 0 Å². The summed E-state index contributed by atoms with van der Waals surface area (Å²) in [6.45, 7) is 0. The molecule has 0 aliphatic rings. The molecule has 0 saturated heterocycles. The number of hydrogen-bond donors (Lipinski definition) is 0. The maximum absolute atomic E-state index is 4.79. The van der Waals surface area contributed by atoms with E-state index in [9.17, 15) is 0 Å². The minimum atomic E-state index is 0.324. The van der Waals surface area contributed by atoms with Gasteiger partial charge in [-0.2, -0.15) is 0 Å². The molecule has 20 heavy (non-hydrogen) atoms. The summed E-state index contributed by atoms with van der Waals surface area (Å²) in [4.78, 5) is 9.17. The maximum atomic E-state index is 4.79. The molecule has 0 radical (unpaired) electrons. The molecule has 0 fully saturated rings. The molecule has 0 bridgehead atoms. The molecular weight excluding hydrogens is 311 g/mol. The van der Waals surface area contributed by atoms with Crippen LogP contribution >= 0.6 is 0 Å². The van der Waals surface area contributed by atoms with Crippen LogP contribution in [0.4, 0.5) is 5.69 Å². The molecule has 1 aromatic heterocycles. The third kappa shape index (κ3) is 2.69. The van der Waals surface area contributed by atoms with Gasteiger partial charge in [0.05, 0.1) is 0 Å². The van der Waals surface area contributed by atoms with Crippen molar-refractivity contribution in [1.29, 1.82) is 0 Å². The third-order valence-electron chi connectivity index (χ3n) is 3.20. The van der Waals surface area contributed by atoms with E-state index in [0.29, 0.717) is 14.5 Å². The second-order valence-electron chi connectivity index (χ2n) is 4.85. The zero-order chi connectivity index (χ0) is 13.9. The predicted molar refractivity (Wildman–Crippen MR) is 86.4 cm³/mol. The summed E-state index contributed by atoms with van der Waals surface area (Å²) in [5.74, 6) is 0. The molecule has 0 spiro atoms. The van der Waals surface area contributed by atoms with Crippen LogP contribution in [0.25, 0.3) is 21.4 Å². The Bertz CT molecular complexity index is 685. The SMILES string of the molecule is CN(C)c1ccc(-c2nc(-c3ccccc3)c[se]2)cc1. The molecule has 0 saturated carbocycles. The van der Waals surface area contributed by atoms with Crippen LogP contribution in [0.1, 0.15) is 0 Å². The van der Waals surface area contributed by atoms with Crippen molar-refractivity contribution in [2.75, 3.05) is 19.0 Å². The Hall–Kier alpha value is -1.83. The van der Waals surface area contributed by atoms with Gasteiger partial charge in [-0.1, -0.05) is 0 Å². The van der Waals surface area contributed by atoms with Crippen molar-refractivity contribution in [2.24, 2.45) is 0 Å². The zero-order valence-corrected chi connectivity index (χ0v) is 13.3. The standard InChI is InChI=1S/C17H16N2Se/c1-19(2)15-10-8-14(9-11-15)17-18-16(12-20-17)13-6-4-3-5-7-13/h3-12H,1-2H3. The minimum absolute atomic E-state index is 0.324.